The zero-order valence-corrected chi connectivity index (χ0v) is 12.8. The molecule has 2 aromatic carbocycles. The number of hydrogen-bond donors (Lipinski definition) is 2. The fourth-order valence-corrected chi connectivity index (χ4v) is 2.48. The van der Waals surface area contributed by atoms with Gasteiger partial charge in [0.25, 0.3) is 5.91 Å². The topological polar surface area (TPSA) is 57.2 Å². The standard InChI is InChI=1S/C16H11Cl2N3O/c17-12-6-5-11(13(18)8-12)9-19-21-16(22)15-7-10-3-1-2-4-14(10)20-15/h1-9,20H,(H,21,22). The Labute approximate surface area is 136 Å². The predicted molar refractivity (Wildman–Crippen MR) is 89.8 cm³/mol. The van der Waals surface area contributed by atoms with E-state index in [-0.39, 0.29) is 5.91 Å². The van der Waals surface area contributed by atoms with E-state index in [9.17, 15) is 4.79 Å². The molecule has 110 valence electrons. The van der Waals surface area contributed by atoms with E-state index >= 15 is 0 Å². The molecule has 0 spiro atoms. The van der Waals surface area contributed by atoms with Crippen molar-refractivity contribution in [2.24, 2.45) is 5.10 Å². The normalized spacial score (nSPS) is 11.2. The summed E-state index contributed by atoms with van der Waals surface area (Å²) in [7, 11) is 0. The molecule has 6 heteroatoms. The number of H-pyrrole nitrogens is 1. The van der Waals surface area contributed by atoms with E-state index in [4.69, 9.17) is 23.2 Å². The van der Waals surface area contributed by atoms with Crippen molar-refractivity contribution in [2.45, 2.75) is 0 Å². The number of para-hydroxylation sites is 1. The number of halogens is 2. The zero-order chi connectivity index (χ0) is 15.5. The number of benzene rings is 2. The van der Waals surface area contributed by atoms with E-state index in [0.29, 0.717) is 21.3 Å². The summed E-state index contributed by atoms with van der Waals surface area (Å²) in [5.74, 6) is -0.322. The van der Waals surface area contributed by atoms with Crippen molar-refractivity contribution in [1.82, 2.24) is 10.4 Å². The van der Waals surface area contributed by atoms with Gasteiger partial charge in [0.2, 0.25) is 0 Å². The second-order valence-electron chi connectivity index (χ2n) is 4.64. The number of aromatic amines is 1. The number of hydrazone groups is 1. The Bertz CT molecular complexity index is 838. The monoisotopic (exact) mass is 331 g/mol. The highest BCUT2D eigenvalue weighted by Crippen LogP contribution is 2.19. The number of hydrogen-bond acceptors (Lipinski definition) is 2. The first kappa shape index (κ1) is 14.6. The first-order valence-electron chi connectivity index (χ1n) is 6.50. The minimum atomic E-state index is -0.322. The van der Waals surface area contributed by atoms with Gasteiger partial charge in [0, 0.05) is 21.5 Å². The molecule has 2 N–H and O–H groups in total. The highest BCUT2D eigenvalue weighted by atomic mass is 35.5. The smallest absolute Gasteiger partial charge is 0.287 e. The van der Waals surface area contributed by atoms with E-state index in [2.05, 4.69) is 15.5 Å². The van der Waals surface area contributed by atoms with Crippen LogP contribution in [0.25, 0.3) is 10.9 Å². The molecule has 1 aromatic heterocycles. The SMILES string of the molecule is O=C(NN=Cc1ccc(Cl)cc1Cl)c1cc2ccccc2[nH]1. The number of carbonyl (C=O) groups excluding carboxylic acids is 1. The highest BCUT2D eigenvalue weighted by Gasteiger charge is 2.08. The second kappa shape index (κ2) is 6.22. The second-order valence-corrected chi connectivity index (χ2v) is 5.48. The van der Waals surface area contributed by atoms with Crippen molar-refractivity contribution in [2.75, 3.05) is 0 Å². The molecule has 0 fully saturated rings. The van der Waals surface area contributed by atoms with E-state index in [1.165, 1.54) is 6.21 Å². The minimum absolute atomic E-state index is 0.322. The van der Waals surface area contributed by atoms with Crippen molar-refractivity contribution in [3.63, 3.8) is 0 Å². The summed E-state index contributed by atoms with van der Waals surface area (Å²) >= 11 is 11.8. The number of carbonyl (C=O) groups is 1. The lowest BCUT2D eigenvalue weighted by molar-refractivity contribution is 0.0951. The van der Waals surface area contributed by atoms with Gasteiger partial charge in [-0.2, -0.15) is 5.10 Å². The third-order valence-corrected chi connectivity index (χ3v) is 3.67. The lowest BCUT2D eigenvalue weighted by atomic mass is 10.2. The molecule has 3 aromatic rings. The summed E-state index contributed by atoms with van der Waals surface area (Å²) in [5, 5.41) is 5.89. The molecule has 1 heterocycles. The first-order valence-corrected chi connectivity index (χ1v) is 7.25. The number of fused-ring (bicyclic) bond motifs is 1. The number of rotatable bonds is 3. The third-order valence-electron chi connectivity index (χ3n) is 3.11. The van der Waals surface area contributed by atoms with Crippen LogP contribution in [-0.4, -0.2) is 17.1 Å². The van der Waals surface area contributed by atoms with Crippen molar-refractivity contribution >= 4 is 46.2 Å². The van der Waals surface area contributed by atoms with Gasteiger partial charge in [0.1, 0.15) is 5.69 Å². The Morgan fingerprint density at radius 3 is 2.73 bits per heavy atom. The average Bonchev–Trinajstić information content (AvgIpc) is 2.93. The molecule has 0 bridgehead atoms. The molecule has 3 rings (SSSR count). The Morgan fingerprint density at radius 1 is 1.14 bits per heavy atom. The maximum atomic E-state index is 12.0. The van der Waals surface area contributed by atoms with E-state index in [1.807, 2.05) is 24.3 Å². The van der Waals surface area contributed by atoms with Gasteiger partial charge in [-0.3, -0.25) is 4.79 Å². The molecule has 0 aliphatic carbocycles. The predicted octanol–water partition coefficient (Wildman–Crippen LogP) is 4.24. The van der Waals surface area contributed by atoms with Crippen LogP contribution in [0.3, 0.4) is 0 Å². The third kappa shape index (κ3) is 3.13. The quantitative estimate of drug-likeness (QED) is 0.547. The molecule has 0 saturated carbocycles. The van der Waals surface area contributed by atoms with E-state index in [1.54, 1.807) is 24.3 Å². The molecule has 0 aliphatic heterocycles. The molecule has 0 radical (unpaired) electrons. The van der Waals surface area contributed by atoms with Gasteiger partial charge >= 0.3 is 0 Å². The zero-order valence-electron chi connectivity index (χ0n) is 11.3. The Hall–Kier alpha value is -2.30. The van der Waals surface area contributed by atoms with Gasteiger partial charge in [-0.25, -0.2) is 5.43 Å². The summed E-state index contributed by atoms with van der Waals surface area (Å²) < 4.78 is 0. The van der Waals surface area contributed by atoms with Crippen molar-refractivity contribution < 1.29 is 4.79 Å². The van der Waals surface area contributed by atoms with Crippen LogP contribution in [0, 0.1) is 0 Å². The molecule has 22 heavy (non-hydrogen) atoms. The molecule has 0 saturated heterocycles. The molecule has 1 amide bonds. The molecular weight excluding hydrogens is 321 g/mol. The van der Waals surface area contributed by atoms with Crippen LogP contribution in [0.15, 0.2) is 53.6 Å². The summed E-state index contributed by atoms with van der Waals surface area (Å²) in [6.45, 7) is 0. The van der Waals surface area contributed by atoms with Gasteiger partial charge in [-0.1, -0.05) is 47.5 Å². The minimum Gasteiger partial charge on any atom is -0.350 e. The van der Waals surface area contributed by atoms with Crippen LogP contribution in [0.4, 0.5) is 0 Å². The molecule has 0 atom stereocenters. The summed E-state index contributed by atoms with van der Waals surface area (Å²) in [5.41, 5.74) is 4.47. The fourth-order valence-electron chi connectivity index (χ4n) is 2.02. The Morgan fingerprint density at radius 2 is 1.95 bits per heavy atom. The maximum absolute atomic E-state index is 12.0. The van der Waals surface area contributed by atoms with Crippen LogP contribution >= 0.6 is 23.2 Å². The van der Waals surface area contributed by atoms with Gasteiger partial charge in [-0.15, -0.1) is 0 Å². The lowest BCUT2D eigenvalue weighted by Crippen LogP contribution is -2.17. The van der Waals surface area contributed by atoms with Gasteiger partial charge in [-0.05, 0) is 24.3 Å². The van der Waals surface area contributed by atoms with Crippen LogP contribution in [0.5, 0.6) is 0 Å². The molecule has 0 unspecified atom stereocenters. The molecule has 0 aliphatic rings. The lowest BCUT2D eigenvalue weighted by Gasteiger charge is -1.99. The molecule has 4 nitrogen and oxygen atoms in total. The number of aromatic nitrogens is 1. The summed E-state index contributed by atoms with van der Waals surface area (Å²) in [6, 6.07) is 14.5. The Balaban J connectivity index is 1.72. The molecular formula is C16H11Cl2N3O. The van der Waals surface area contributed by atoms with Crippen molar-refractivity contribution in [3.8, 4) is 0 Å². The van der Waals surface area contributed by atoms with Crippen LogP contribution in [0.1, 0.15) is 16.1 Å². The Kier molecular flexibility index (Phi) is 4.13. The summed E-state index contributed by atoms with van der Waals surface area (Å²) in [6.07, 6.45) is 1.47. The largest absolute Gasteiger partial charge is 0.350 e. The number of amides is 1. The first-order chi connectivity index (χ1) is 10.6. The van der Waals surface area contributed by atoms with Crippen LogP contribution < -0.4 is 5.43 Å². The number of nitrogens with one attached hydrogen (secondary N) is 2. The fraction of sp³-hybridized carbons (Fsp3) is 0. The van der Waals surface area contributed by atoms with Crippen molar-refractivity contribution in [3.05, 3.63) is 69.8 Å². The highest BCUT2D eigenvalue weighted by molar-refractivity contribution is 6.36. The summed E-state index contributed by atoms with van der Waals surface area (Å²) in [4.78, 5) is 15.1. The van der Waals surface area contributed by atoms with E-state index < -0.39 is 0 Å². The van der Waals surface area contributed by atoms with Crippen LogP contribution in [0.2, 0.25) is 10.0 Å². The van der Waals surface area contributed by atoms with Gasteiger partial charge < -0.3 is 4.98 Å². The van der Waals surface area contributed by atoms with Crippen LogP contribution in [-0.2, 0) is 0 Å². The van der Waals surface area contributed by atoms with E-state index in [0.717, 1.165) is 10.9 Å². The average molecular weight is 332 g/mol. The van der Waals surface area contributed by atoms with Gasteiger partial charge in [0.05, 0.1) is 11.2 Å². The maximum Gasteiger partial charge on any atom is 0.287 e. The number of nitrogens with zero attached hydrogens (tertiary/aromatic N) is 1. The van der Waals surface area contributed by atoms with Crippen molar-refractivity contribution in [1.29, 1.82) is 0 Å². The van der Waals surface area contributed by atoms with Gasteiger partial charge in [0.15, 0.2) is 0 Å².